The molecule has 0 radical (unpaired) electrons. The fourth-order valence-electron chi connectivity index (χ4n) is 5.67. The summed E-state index contributed by atoms with van der Waals surface area (Å²) >= 11 is 0. The Hall–Kier alpha value is -1.84. The van der Waals surface area contributed by atoms with Crippen molar-refractivity contribution in [1.29, 1.82) is 0 Å². The SMILES string of the molecule is O=C(Nc1ccc2nc[nH]c2c1)C12CC3CC(CC(C3)C1)C2. The van der Waals surface area contributed by atoms with Gasteiger partial charge in [-0.2, -0.15) is 0 Å². The fraction of sp³-hybridized carbons (Fsp3) is 0.556. The molecule has 0 spiro atoms. The third-order valence-corrected chi connectivity index (χ3v) is 6.20. The van der Waals surface area contributed by atoms with Crippen LogP contribution in [0.15, 0.2) is 24.5 Å². The van der Waals surface area contributed by atoms with Crippen LogP contribution in [0.3, 0.4) is 0 Å². The topological polar surface area (TPSA) is 57.8 Å². The Morgan fingerprint density at radius 1 is 1.14 bits per heavy atom. The van der Waals surface area contributed by atoms with Crippen molar-refractivity contribution in [3.05, 3.63) is 24.5 Å². The molecule has 2 aromatic rings. The molecule has 1 aromatic carbocycles. The molecule has 0 aliphatic heterocycles. The van der Waals surface area contributed by atoms with Crippen LogP contribution in [-0.4, -0.2) is 15.9 Å². The highest BCUT2D eigenvalue weighted by molar-refractivity contribution is 5.97. The molecule has 0 saturated heterocycles. The van der Waals surface area contributed by atoms with E-state index in [1.807, 2.05) is 18.2 Å². The van der Waals surface area contributed by atoms with Crippen molar-refractivity contribution in [2.45, 2.75) is 38.5 Å². The van der Waals surface area contributed by atoms with Crippen molar-refractivity contribution in [1.82, 2.24) is 9.97 Å². The molecule has 4 nitrogen and oxygen atoms in total. The molecular weight excluding hydrogens is 274 g/mol. The van der Waals surface area contributed by atoms with Gasteiger partial charge in [-0.3, -0.25) is 4.79 Å². The number of aromatic nitrogens is 2. The summed E-state index contributed by atoms with van der Waals surface area (Å²) in [6, 6.07) is 5.91. The van der Waals surface area contributed by atoms with Crippen molar-refractivity contribution in [2.75, 3.05) is 5.32 Å². The van der Waals surface area contributed by atoms with Crippen LogP contribution in [0, 0.1) is 23.2 Å². The van der Waals surface area contributed by atoms with Crippen LogP contribution in [0.1, 0.15) is 38.5 Å². The number of anilines is 1. The number of hydrogen-bond donors (Lipinski definition) is 2. The fourth-order valence-corrected chi connectivity index (χ4v) is 5.67. The minimum absolute atomic E-state index is 0.0856. The highest BCUT2D eigenvalue weighted by atomic mass is 16.2. The second-order valence-electron chi connectivity index (χ2n) is 7.79. The summed E-state index contributed by atoms with van der Waals surface area (Å²) < 4.78 is 0. The van der Waals surface area contributed by atoms with Crippen LogP contribution in [0.5, 0.6) is 0 Å². The summed E-state index contributed by atoms with van der Waals surface area (Å²) in [5.74, 6) is 2.65. The number of hydrogen-bond acceptors (Lipinski definition) is 2. The van der Waals surface area contributed by atoms with E-state index in [1.165, 1.54) is 19.3 Å². The summed E-state index contributed by atoms with van der Waals surface area (Å²) in [6.07, 6.45) is 9.12. The first-order valence-corrected chi connectivity index (χ1v) is 8.45. The van der Waals surface area contributed by atoms with Gasteiger partial charge in [-0.25, -0.2) is 4.98 Å². The lowest BCUT2D eigenvalue weighted by Crippen LogP contribution is -2.51. The highest BCUT2D eigenvalue weighted by Crippen LogP contribution is 2.60. The Morgan fingerprint density at radius 3 is 2.50 bits per heavy atom. The van der Waals surface area contributed by atoms with Gasteiger partial charge in [-0.1, -0.05) is 0 Å². The number of aromatic amines is 1. The monoisotopic (exact) mass is 295 g/mol. The zero-order valence-electron chi connectivity index (χ0n) is 12.6. The molecule has 6 rings (SSSR count). The second kappa shape index (κ2) is 4.34. The molecule has 1 amide bonds. The Balaban J connectivity index is 1.42. The number of nitrogens with zero attached hydrogens (tertiary/aromatic N) is 1. The predicted molar refractivity (Wildman–Crippen MR) is 85.3 cm³/mol. The maximum absolute atomic E-state index is 13.0. The van der Waals surface area contributed by atoms with Crippen molar-refractivity contribution in [2.24, 2.45) is 23.2 Å². The molecule has 4 saturated carbocycles. The van der Waals surface area contributed by atoms with E-state index in [-0.39, 0.29) is 11.3 Å². The van der Waals surface area contributed by atoms with Gasteiger partial charge >= 0.3 is 0 Å². The first-order chi connectivity index (χ1) is 10.7. The van der Waals surface area contributed by atoms with Gasteiger partial charge in [0.25, 0.3) is 0 Å². The highest BCUT2D eigenvalue weighted by Gasteiger charge is 2.54. The Kier molecular flexibility index (Phi) is 2.50. The standard InChI is InChI=1S/C18H21N3O/c22-17(21-14-1-2-15-16(6-14)20-10-19-15)18-7-11-3-12(8-18)5-13(4-11)9-18/h1-2,6,10-13H,3-5,7-9H2,(H,19,20)(H,21,22). The zero-order chi connectivity index (χ0) is 14.7. The van der Waals surface area contributed by atoms with E-state index < -0.39 is 0 Å². The number of nitrogens with one attached hydrogen (secondary N) is 2. The maximum Gasteiger partial charge on any atom is 0.230 e. The summed E-state index contributed by atoms with van der Waals surface area (Å²) in [6.45, 7) is 0. The van der Waals surface area contributed by atoms with E-state index in [2.05, 4.69) is 15.3 Å². The molecule has 4 aliphatic rings. The van der Waals surface area contributed by atoms with Gasteiger partial charge in [0.1, 0.15) is 0 Å². The smallest absolute Gasteiger partial charge is 0.230 e. The van der Waals surface area contributed by atoms with E-state index in [9.17, 15) is 4.79 Å². The van der Waals surface area contributed by atoms with Crippen molar-refractivity contribution >= 4 is 22.6 Å². The Labute approximate surface area is 129 Å². The number of H-pyrrole nitrogens is 1. The van der Waals surface area contributed by atoms with Crippen LogP contribution >= 0.6 is 0 Å². The minimum atomic E-state index is -0.0856. The van der Waals surface area contributed by atoms with Gasteiger partial charge in [-0.15, -0.1) is 0 Å². The number of benzene rings is 1. The van der Waals surface area contributed by atoms with Crippen LogP contribution < -0.4 is 5.32 Å². The normalized spacial score (nSPS) is 35.9. The molecule has 4 fully saturated rings. The van der Waals surface area contributed by atoms with Crippen LogP contribution in [0.25, 0.3) is 11.0 Å². The van der Waals surface area contributed by atoms with Crippen LogP contribution in [0.2, 0.25) is 0 Å². The first-order valence-electron chi connectivity index (χ1n) is 8.45. The molecule has 0 unspecified atom stereocenters. The predicted octanol–water partition coefficient (Wildman–Crippen LogP) is 3.72. The van der Waals surface area contributed by atoms with Gasteiger partial charge in [0.05, 0.1) is 22.8 Å². The molecule has 114 valence electrons. The van der Waals surface area contributed by atoms with Gasteiger partial charge < -0.3 is 10.3 Å². The molecule has 4 aliphatic carbocycles. The minimum Gasteiger partial charge on any atom is -0.345 e. The molecular formula is C18H21N3O. The Morgan fingerprint density at radius 2 is 1.82 bits per heavy atom. The van der Waals surface area contributed by atoms with E-state index in [0.29, 0.717) is 0 Å². The summed E-state index contributed by atoms with van der Waals surface area (Å²) in [7, 11) is 0. The molecule has 0 atom stereocenters. The average molecular weight is 295 g/mol. The van der Waals surface area contributed by atoms with Crippen LogP contribution in [0.4, 0.5) is 5.69 Å². The van der Waals surface area contributed by atoms with E-state index in [1.54, 1.807) is 6.33 Å². The van der Waals surface area contributed by atoms with E-state index in [0.717, 1.165) is 53.7 Å². The quantitative estimate of drug-likeness (QED) is 0.887. The maximum atomic E-state index is 13.0. The molecule has 22 heavy (non-hydrogen) atoms. The lowest BCUT2D eigenvalue weighted by atomic mass is 9.49. The number of fused-ring (bicyclic) bond motifs is 1. The van der Waals surface area contributed by atoms with Gasteiger partial charge in [-0.05, 0) is 74.5 Å². The number of imidazole rings is 1. The summed E-state index contributed by atoms with van der Waals surface area (Å²) in [5.41, 5.74) is 2.71. The van der Waals surface area contributed by atoms with Crippen molar-refractivity contribution < 1.29 is 4.79 Å². The van der Waals surface area contributed by atoms with Crippen LogP contribution in [-0.2, 0) is 4.79 Å². The number of amides is 1. The van der Waals surface area contributed by atoms with Crippen molar-refractivity contribution in [3.63, 3.8) is 0 Å². The van der Waals surface area contributed by atoms with Gasteiger partial charge in [0.15, 0.2) is 0 Å². The first kappa shape index (κ1) is 12.7. The molecule has 1 heterocycles. The van der Waals surface area contributed by atoms with E-state index >= 15 is 0 Å². The molecule has 4 heteroatoms. The van der Waals surface area contributed by atoms with Crippen molar-refractivity contribution in [3.8, 4) is 0 Å². The lowest BCUT2D eigenvalue weighted by Gasteiger charge is -2.55. The van der Waals surface area contributed by atoms with E-state index in [4.69, 9.17) is 0 Å². The summed E-state index contributed by atoms with van der Waals surface area (Å²) in [5, 5.41) is 3.19. The zero-order valence-corrected chi connectivity index (χ0v) is 12.6. The molecule has 4 bridgehead atoms. The molecule has 2 N–H and O–H groups in total. The number of rotatable bonds is 2. The van der Waals surface area contributed by atoms with Gasteiger partial charge in [0, 0.05) is 5.69 Å². The van der Waals surface area contributed by atoms with Gasteiger partial charge in [0.2, 0.25) is 5.91 Å². The molecule has 1 aromatic heterocycles. The Bertz CT molecular complexity index is 712. The third kappa shape index (κ3) is 1.82. The second-order valence-corrected chi connectivity index (χ2v) is 7.79. The lowest BCUT2D eigenvalue weighted by molar-refractivity contribution is -0.140. The average Bonchev–Trinajstić information content (AvgIpc) is 2.93. The third-order valence-electron chi connectivity index (χ3n) is 6.20. The number of carbonyl (C=O) groups excluding carboxylic acids is 1. The number of carbonyl (C=O) groups is 1. The summed E-state index contributed by atoms with van der Waals surface area (Å²) in [4.78, 5) is 20.3. The largest absolute Gasteiger partial charge is 0.345 e.